The molecular weight excluding hydrogens is 321 g/mol. The molecule has 0 bridgehead atoms. The van der Waals surface area contributed by atoms with Crippen LogP contribution in [0.4, 0.5) is 4.39 Å². The van der Waals surface area contributed by atoms with Gasteiger partial charge in [0.2, 0.25) is 0 Å². The van der Waals surface area contributed by atoms with Crippen LogP contribution < -0.4 is 5.73 Å². The number of hydrogen-bond donors (Lipinski definition) is 1. The van der Waals surface area contributed by atoms with Crippen LogP contribution in [0.25, 0.3) is 22.4 Å². The smallest absolute Gasteiger partial charge is 0.143 e. The van der Waals surface area contributed by atoms with Crippen LogP contribution in [0, 0.1) is 5.82 Å². The minimum atomic E-state index is -0.286. The van der Waals surface area contributed by atoms with Crippen molar-refractivity contribution < 1.29 is 4.39 Å². The highest BCUT2D eigenvalue weighted by Crippen LogP contribution is 2.28. The molecule has 2 N–H and O–H groups in total. The minimum absolute atomic E-state index is 0.286. The van der Waals surface area contributed by atoms with Crippen LogP contribution >= 0.6 is 15.9 Å². The molecule has 0 saturated carbocycles. The molecule has 102 valence electrons. The molecule has 0 spiro atoms. The van der Waals surface area contributed by atoms with Crippen molar-refractivity contribution in [3.05, 3.63) is 52.3 Å². The summed E-state index contributed by atoms with van der Waals surface area (Å²) in [4.78, 5) is 4.54. The SMILES string of the molecule is Cn1c(-c2cc(Br)ccc2F)nc2cc(CN)ccc21. The predicted molar refractivity (Wildman–Crippen MR) is 81.7 cm³/mol. The molecule has 20 heavy (non-hydrogen) atoms. The Bertz CT molecular complexity index is 795. The number of hydrogen-bond acceptors (Lipinski definition) is 2. The van der Waals surface area contributed by atoms with E-state index in [0.717, 1.165) is 21.1 Å². The standard InChI is InChI=1S/C15H13BrFN3/c1-20-14-5-2-9(8-18)6-13(14)19-15(20)11-7-10(16)3-4-12(11)17/h2-7H,8,18H2,1H3. The molecule has 3 aromatic rings. The van der Waals surface area contributed by atoms with Crippen LogP contribution in [0.5, 0.6) is 0 Å². The summed E-state index contributed by atoms with van der Waals surface area (Å²) in [5, 5.41) is 0. The summed E-state index contributed by atoms with van der Waals surface area (Å²) >= 11 is 3.36. The van der Waals surface area contributed by atoms with Crippen LogP contribution in [0.3, 0.4) is 0 Å². The Hall–Kier alpha value is -1.72. The number of aryl methyl sites for hydroxylation is 1. The summed E-state index contributed by atoms with van der Waals surface area (Å²) in [6, 6.07) is 10.7. The Morgan fingerprint density at radius 2 is 2.05 bits per heavy atom. The van der Waals surface area contributed by atoms with Crippen LogP contribution in [-0.2, 0) is 13.6 Å². The van der Waals surface area contributed by atoms with E-state index in [1.54, 1.807) is 12.1 Å². The van der Waals surface area contributed by atoms with Crippen molar-refractivity contribution in [2.75, 3.05) is 0 Å². The number of nitrogens with zero attached hydrogens (tertiary/aromatic N) is 2. The Labute approximate surface area is 124 Å². The van der Waals surface area contributed by atoms with Gasteiger partial charge < -0.3 is 10.3 Å². The summed E-state index contributed by atoms with van der Waals surface area (Å²) in [7, 11) is 1.88. The van der Waals surface area contributed by atoms with Gasteiger partial charge in [0, 0.05) is 18.1 Å². The number of halogens is 2. The van der Waals surface area contributed by atoms with Gasteiger partial charge in [-0.05, 0) is 35.9 Å². The van der Waals surface area contributed by atoms with E-state index < -0.39 is 0 Å². The highest BCUT2D eigenvalue weighted by atomic mass is 79.9. The molecule has 5 heteroatoms. The fourth-order valence-corrected chi connectivity index (χ4v) is 2.64. The van der Waals surface area contributed by atoms with Crippen molar-refractivity contribution >= 4 is 27.0 Å². The Morgan fingerprint density at radius 1 is 1.25 bits per heavy atom. The molecule has 0 atom stereocenters. The lowest BCUT2D eigenvalue weighted by molar-refractivity contribution is 0.629. The molecule has 3 nitrogen and oxygen atoms in total. The zero-order chi connectivity index (χ0) is 14.3. The van der Waals surface area contributed by atoms with Gasteiger partial charge in [-0.25, -0.2) is 9.37 Å². The first-order valence-electron chi connectivity index (χ1n) is 6.21. The second kappa shape index (κ2) is 5.00. The maximum absolute atomic E-state index is 14.0. The van der Waals surface area contributed by atoms with Gasteiger partial charge in [0.25, 0.3) is 0 Å². The number of nitrogens with two attached hydrogens (primary N) is 1. The Balaban J connectivity index is 2.26. The lowest BCUT2D eigenvalue weighted by atomic mass is 10.2. The minimum Gasteiger partial charge on any atom is -0.327 e. The van der Waals surface area contributed by atoms with Crippen molar-refractivity contribution in [2.24, 2.45) is 12.8 Å². The van der Waals surface area contributed by atoms with Crippen molar-refractivity contribution in [2.45, 2.75) is 6.54 Å². The third-order valence-corrected chi connectivity index (χ3v) is 3.84. The quantitative estimate of drug-likeness (QED) is 0.778. The van der Waals surface area contributed by atoms with Gasteiger partial charge in [0.1, 0.15) is 11.6 Å². The molecule has 1 aromatic heterocycles. The maximum Gasteiger partial charge on any atom is 0.143 e. The fraction of sp³-hybridized carbons (Fsp3) is 0.133. The normalized spacial score (nSPS) is 11.2. The van der Waals surface area contributed by atoms with Gasteiger partial charge in [-0.3, -0.25) is 0 Å². The monoisotopic (exact) mass is 333 g/mol. The summed E-state index contributed by atoms with van der Waals surface area (Å²) in [6.07, 6.45) is 0. The molecule has 1 heterocycles. The molecule has 0 radical (unpaired) electrons. The van der Waals surface area contributed by atoms with Gasteiger partial charge in [-0.15, -0.1) is 0 Å². The molecular formula is C15H13BrFN3. The summed E-state index contributed by atoms with van der Waals surface area (Å²) < 4.78 is 16.7. The number of aromatic nitrogens is 2. The van der Waals surface area contributed by atoms with Crippen LogP contribution in [0.2, 0.25) is 0 Å². The number of imidazole rings is 1. The summed E-state index contributed by atoms with van der Waals surface area (Å²) in [6.45, 7) is 0.465. The number of fused-ring (bicyclic) bond motifs is 1. The van der Waals surface area contributed by atoms with E-state index >= 15 is 0 Å². The average Bonchev–Trinajstić information content (AvgIpc) is 2.78. The van der Waals surface area contributed by atoms with Crippen LogP contribution in [-0.4, -0.2) is 9.55 Å². The summed E-state index contributed by atoms with van der Waals surface area (Å²) in [5.41, 5.74) is 8.91. The molecule has 2 aromatic carbocycles. The summed E-state index contributed by atoms with van der Waals surface area (Å²) in [5.74, 6) is 0.318. The molecule has 0 saturated heterocycles. The third-order valence-electron chi connectivity index (χ3n) is 3.35. The lowest BCUT2D eigenvalue weighted by Crippen LogP contribution is -1.96. The Morgan fingerprint density at radius 3 is 2.80 bits per heavy atom. The zero-order valence-electron chi connectivity index (χ0n) is 10.9. The van der Waals surface area contributed by atoms with Gasteiger partial charge in [-0.2, -0.15) is 0 Å². The zero-order valence-corrected chi connectivity index (χ0v) is 12.5. The fourth-order valence-electron chi connectivity index (χ4n) is 2.28. The van der Waals surface area contributed by atoms with E-state index in [9.17, 15) is 4.39 Å². The molecule has 0 unspecified atom stereocenters. The first-order chi connectivity index (χ1) is 9.60. The topological polar surface area (TPSA) is 43.8 Å². The first-order valence-corrected chi connectivity index (χ1v) is 7.00. The molecule has 0 fully saturated rings. The number of rotatable bonds is 2. The molecule has 3 rings (SSSR count). The van der Waals surface area contributed by atoms with E-state index in [2.05, 4.69) is 20.9 Å². The van der Waals surface area contributed by atoms with E-state index in [-0.39, 0.29) is 5.82 Å². The van der Waals surface area contributed by atoms with Crippen LogP contribution in [0.1, 0.15) is 5.56 Å². The van der Waals surface area contributed by atoms with Crippen molar-refractivity contribution in [3.8, 4) is 11.4 Å². The lowest BCUT2D eigenvalue weighted by Gasteiger charge is -2.04. The third kappa shape index (κ3) is 2.13. The average molecular weight is 334 g/mol. The van der Waals surface area contributed by atoms with Crippen molar-refractivity contribution in [1.82, 2.24) is 9.55 Å². The van der Waals surface area contributed by atoms with E-state index in [1.165, 1.54) is 6.07 Å². The van der Waals surface area contributed by atoms with Gasteiger partial charge in [0.05, 0.1) is 16.6 Å². The predicted octanol–water partition coefficient (Wildman–Crippen LogP) is 3.60. The van der Waals surface area contributed by atoms with Gasteiger partial charge in [-0.1, -0.05) is 22.0 Å². The molecule has 0 aliphatic heterocycles. The van der Waals surface area contributed by atoms with Gasteiger partial charge >= 0.3 is 0 Å². The van der Waals surface area contributed by atoms with Crippen molar-refractivity contribution in [1.29, 1.82) is 0 Å². The largest absolute Gasteiger partial charge is 0.327 e. The second-order valence-corrected chi connectivity index (χ2v) is 5.56. The van der Waals surface area contributed by atoms with E-state index in [4.69, 9.17) is 5.73 Å². The molecule has 0 amide bonds. The molecule has 0 aliphatic carbocycles. The van der Waals surface area contributed by atoms with E-state index in [1.807, 2.05) is 29.8 Å². The van der Waals surface area contributed by atoms with Crippen molar-refractivity contribution in [3.63, 3.8) is 0 Å². The van der Waals surface area contributed by atoms with Gasteiger partial charge in [0.15, 0.2) is 0 Å². The van der Waals surface area contributed by atoms with Crippen LogP contribution in [0.15, 0.2) is 40.9 Å². The first kappa shape index (κ1) is 13.3. The highest BCUT2D eigenvalue weighted by molar-refractivity contribution is 9.10. The Kier molecular flexibility index (Phi) is 3.31. The van der Waals surface area contributed by atoms with E-state index in [0.29, 0.717) is 17.9 Å². The highest BCUT2D eigenvalue weighted by Gasteiger charge is 2.14. The number of benzene rings is 2. The molecule has 0 aliphatic rings. The maximum atomic E-state index is 14.0. The second-order valence-electron chi connectivity index (χ2n) is 4.65.